The molecule has 0 aliphatic heterocycles. The van der Waals surface area contributed by atoms with E-state index in [2.05, 4.69) is 4.98 Å². The summed E-state index contributed by atoms with van der Waals surface area (Å²) in [4.78, 5) is 15.6. The van der Waals surface area contributed by atoms with Crippen LogP contribution in [0.4, 0.5) is 4.39 Å². The summed E-state index contributed by atoms with van der Waals surface area (Å²) >= 11 is 0. The van der Waals surface area contributed by atoms with E-state index in [0.717, 1.165) is 6.42 Å². The lowest BCUT2D eigenvalue weighted by Crippen LogP contribution is -2.16. The van der Waals surface area contributed by atoms with Gasteiger partial charge < -0.3 is 5.73 Å². The maximum absolute atomic E-state index is 13.1. The summed E-state index contributed by atoms with van der Waals surface area (Å²) in [5, 5.41) is 0. The number of hydrogen-bond donors (Lipinski definition) is 1. The van der Waals surface area contributed by atoms with Crippen LogP contribution in [0.1, 0.15) is 29.5 Å². The van der Waals surface area contributed by atoms with Crippen molar-refractivity contribution in [3.63, 3.8) is 0 Å². The lowest BCUT2D eigenvalue weighted by atomic mass is 10.2. The van der Waals surface area contributed by atoms with Crippen LogP contribution in [-0.2, 0) is 6.42 Å². The van der Waals surface area contributed by atoms with Crippen molar-refractivity contribution >= 4 is 11.6 Å². The van der Waals surface area contributed by atoms with Crippen molar-refractivity contribution in [2.24, 2.45) is 5.73 Å². The monoisotopic (exact) mass is 221 g/mol. The number of aryl methyl sites for hydroxylation is 1. The van der Waals surface area contributed by atoms with Crippen molar-refractivity contribution in [1.29, 1.82) is 0 Å². The number of rotatable bonds is 3. The lowest BCUT2D eigenvalue weighted by molar-refractivity contribution is 0.0993. The van der Waals surface area contributed by atoms with Crippen LogP contribution >= 0.6 is 0 Å². The van der Waals surface area contributed by atoms with Crippen molar-refractivity contribution in [1.82, 2.24) is 9.38 Å². The summed E-state index contributed by atoms with van der Waals surface area (Å²) in [5.41, 5.74) is 6.72. The Kier molecular flexibility index (Phi) is 2.60. The number of nitrogens with two attached hydrogens (primary N) is 1. The minimum absolute atomic E-state index is 0.274. The Hall–Kier alpha value is -1.91. The molecule has 1 amide bonds. The standard InChI is InChI=1S/C11H12FN3O/c1-2-3-8-10(11(13)16)15-6-7(12)4-5-9(15)14-8/h4-6H,2-3H2,1H3,(H2,13,16). The third-order valence-electron chi connectivity index (χ3n) is 2.37. The van der Waals surface area contributed by atoms with Crippen molar-refractivity contribution in [2.45, 2.75) is 19.8 Å². The van der Waals surface area contributed by atoms with Gasteiger partial charge in [-0.1, -0.05) is 13.3 Å². The number of pyridine rings is 1. The van der Waals surface area contributed by atoms with Crippen LogP contribution in [0, 0.1) is 5.82 Å². The zero-order valence-electron chi connectivity index (χ0n) is 8.90. The molecule has 0 bridgehead atoms. The van der Waals surface area contributed by atoms with E-state index in [0.29, 0.717) is 17.8 Å². The molecule has 0 aliphatic carbocycles. The molecule has 2 aromatic heterocycles. The summed E-state index contributed by atoms with van der Waals surface area (Å²) in [7, 11) is 0. The van der Waals surface area contributed by atoms with E-state index < -0.39 is 11.7 Å². The molecule has 2 rings (SSSR count). The summed E-state index contributed by atoms with van der Waals surface area (Å²) in [6.07, 6.45) is 2.73. The van der Waals surface area contributed by atoms with Crippen molar-refractivity contribution in [3.8, 4) is 0 Å². The van der Waals surface area contributed by atoms with Crippen LogP contribution in [-0.4, -0.2) is 15.3 Å². The van der Waals surface area contributed by atoms with E-state index in [1.54, 1.807) is 0 Å². The van der Waals surface area contributed by atoms with Gasteiger partial charge in [-0.15, -0.1) is 0 Å². The van der Waals surface area contributed by atoms with E-state index in [4.69, 9.17) is 5.73 Å². The Labute approximate surface area is 91.9 Å². The van der Waals surface area contributed by atoms with Gasteiger partial charge in [0.15, 0.2) is 0 Å². The normalized spacial score (nSPS) is 10.9. The topological polar surface area (TPSA) is 60.4 Å². The molecular weight excluding hydrogens is 209 g/mol. The third kappa shape index (κ3) is 1.64. The summed E-state index contributed by atoms with van der Waals surface area (Å²) in [5.74, 6) is -1.00. The highest BCUT2D eigenvalue weighted by Crippen LogP contribution is 2.14. The number of carbonyl (C=O) groups is 1. The van der Waals surface area contributed by atoms with Gasteiger partial charge in [-0.05, 0) is 18.6 Å². The average Bonchev–Trinajstić information content (AvgIpc) is 2.55. The van der Waals surface area contributed by atoms with Crippen molar-refractivity contribution in [3.05, 3.63) is 35.5 Å². The largest absolute Gasteiger partial charge is 0.364 e. The van der Waals surface area contributed by atoms with Crippen LogP contribution in [0.5, 0.6) is 0 Å². The average molecular weight is 221 g/mol. The molecular formula is C11H12FN3O. The summed E-state index contributed by atoms with van der Waals surface area (Å²) in [6.45, 7) is 1.98. The van der Waals surface area contributed by atoms with Crippen molar-refractivity contribution < 1.29 is 9.18 Å². The minimum Gasteiger partial charge on any atom is -0.364 e. The smallest absolute Gasteiger partial charge is 0.267 e. The second kappa shape index (κ2) is 3.92. The predicted octanol–water partition coefficient (Wildman–Crippen LogP) is 1.52. The van der Waals surface area contributed by atoms with E-state index in [9.17, 15) is 9.18 Å². The molecule has 0 fully saturated rings. The van der Waals surface area contributed by atoms with Gasteiger partial charge in [-0.25, -0.2) is 9.37 Å². The van der Waals surface area contributed by atoms with Gasteiger partial charge in [0.1, 0.15) is 17.2 Å². The summed E-state index contributed by atoms with van der Waals surface area (Å²) < 4.78 is 14.5. The molecule has 2 N–H and O–H groups in total. The fraction of sp³-hybridized carbons (Fsp3) is 0.273. The first-order valence-corrected chi connectivity index (χ1v) is 5.09. The number of nitrogens with zero attached hydrogens (tertiary/aromatic N) is 2. The first-order chi connectivity index (χ1) is 7.63. The summed E-state index contributed by atoms with van der Waals surface area (Å²) in [6, 6.07) is 2.84. The molecule has 2 heterocycles. The van der Waals surface area contributed by atoms with Gasteiger partial charge >= 0.3 is 0 Å². The maximum atomic E-state index is 13.1. The predicted molar refractivity (Wildman–Crippen MR) is 57.7 cm³/mol. The molecule has 0 saturated carbocycles. The molecule has 84 valence electrons. The van der Waals surface area contributed by atoms with Crippen LogP contribution < -0.4 is 5.73 Å². The number of fused-ring (bicyclic) bond motifs is 1. The highest BCUT2D eigenvalue weighted by Gasteiger charge is 2.16. The third-order valence-corrected chi connectivity index (χ3v) is 2.37. The molecule has 16 heavy (non-hydrogen) atoms. The number of hydrogen-bond acceptors (Lipinski definition) is 2. The number of aromatic nitrogens is 2. The van der Waals surface area contributed by atoms with Gasteiger partial charge in [0, 0.05) is 6.20 Å². The first-order valence-electron chi connectivity index (χ1n) is 5.09. The Balaban J connectivity index is 2.72. The molecule has 0 aromatic carbocycles. The molecule has 0 aliphatic rings. The Morgan fingerprint density at radius 1 is 1.56 bits per heavy atom. The number of imidazole rings is 1. The molecule has 0 radical (unpaired) electrons. The van der Waals surface area contributed by atoms with E-state index in [-0.39, 0.29) is 5.69 Å². The number of halogens is 1. The van der Waals surface area contributed by atoms with Gasteiger partial charge in [0.2, 0.25) is 0 Å². The van der Waals surface area contributed by atoms with Crippen LogP contribution in [0.15, 0.2) is 18.3 Å². The fourth-order valence-electron chi connectivity index (χ4n) is 1.74. The zero-order chi connectivity index (χ0) is 11.7. The number of primary amides is 1. The zero-order valence-corrected chi connectivity index (χ0v) is 8.90. The minimum atomic E-state index is -0.582. The lowest BCUT2D eigenvalue weighted by Gasteiger charge is -1.99. The quantitative estimate of drug-likeness (QED) is 0.854. The second-order valence-corrected chi connectivity index (χ2v) is 3.60. The van der Waals surface area contributed by atoms with Crippen LogP contribution in [0.3, 0.4) is 0 Å². The van der Waals surface area contributed by atoms with Gasteiger partial charge in [-0.3, -0.25) is 9.20 Å². The molecule has 0 atom stereocenters. The van der Waals surface area contributed by atoms with Crippen LogP contribution in [0.25, 0.3) is 5.65 Å². The Bertz CT molecular complexity index is 547. The first kappa shape index (κ1) is 10.6. The van der Waals surface area contributed by atoms with Crippen molar-refractivity contribution in [2.75, 3.05) is 0 Å². The van der Waals surface area contributed by atoms with Gasteiger partial charge in [0.05, 0.1) is 5.69 Å². The molecule has 0 saturated heterocycles. The Morgan fingerprint density at radius 3 is 2.94 bits per heavy atom. The second-order valence-electron chi connectivity index (χ2n) is 3.60. The SMILES string of the molecule is CCCc1nc2ccc(F)cn2c1C(N)=O. The molecule has 2 aromatic rings. The highest BCUT2D eigenvalue weighted by atomic mass is 19.1. The molecule has 4 nitrogen and oxygen atoms in total. The van der Waals surface area contributed by atoms with Gasteiger partial charge in [0.25, 0.3) is 5.91 Å². The maximum Gasteiger partial charge on any atom is 0.267 e. The molecule has 0 spiro atoms. The number of carbonyl (C=O) groups excluding carboxylic acids is 1. The van der Waals surface area contributed by atoms with Gasteiger partial charge in [-0.2, -0.15) is 0 Å². The highest BCUT2D eigenvalue weighted by molar-refractivity contribution is 5.93. The molecule has 5 heteroatoms. The fourth-order valence-corrected chi connectivity index (χ4v) is 1.74. The van der Waals surface area contributed by atoms with Crippen LogP contribution in [0.2, 0.25) is 0 Å². The van der Waals surface area contributed by atoms with E-state index in [1.165, 1.54) is 22.7 Å². The van der Waals surface area contributed by atoms with E-state index >= 15 is 0 Å². The number of amides is 1. The Morgan fingerprint density at radius 2 is 2.31 bits per heavy atom. The van der Waals surface area contributed by atoms with E-state index in [1.807, 2.05) is 6.92 Å². The molecule has 0 unspecified atom stereocenters.